The standard InChI is InChI=1S/C25H27N2O2S2/c1-5-26-20-14-18(28-3)9-11-22(20)30-24(26)16-7-8-17(13-16)25-27(6-2)21-15-19(29-4)10-12-23(21)31-25/h9-15H,5-8H2,1-4H3/q+1. The number of nitrogens with zero attached hydrogens (tertiary/aromatic N) is 2. The zero-order valence-corrected chi connectivity index (χ0v) is 20.0. The van der Waals surface area contributed by atoms with Crippen molar-refractivity contribution in [1.29, 1.82) is 0 Å². The molecule has 2 aromatic carbocycles. The van der Waals surface area contributed by atoms with Gasteiger partial charge in [-0.2, -0.15) is 4.57 Å². The number of hydrogen-bond acceptors (Lipinski definition) is 5. The highest BCUT2D eigenvalue weighted by Gasteiger charge is 2.31. The van der Waals surface area contributed by atoms with Gasteiger partial charge in [-0.15, -0.1) is 0 Å². The molecule has 0 unspecified atom stereocenters. The average molecular weight is 452 g/mol. The van der Waals surface area contributed by atoms with Crippen molar-refractivity contribution < 1.29 is 14.0 Å². The molecule has 0 fully saturated rings. The zero-order valence-electron chi connectivity index (χ0n) is 18.4. The van der Waals surface area contributed by atoms with E-state index in [9.17, 15) is 0 Å². The van der Waals surface area contributed by atoms with Crippen LogP contribution in [0.1, 0.15) is 31.7 Å². The molecule has 1 aliphatic carbocycles. The Labute approximate surface area is 191 Å². The van der Waals surface area contributed by atoms with E-state index in [4.69, 9.17) is 9.47 Å². The molecule has 1 aromatic heterocycles. The lowest BCUT2D eigenvalue weighted by Crippen LogP contribution is -2.34. The highest BCUT2D eigenvalue weighted by molar-refractivity contribution is 8.03. The minimum atomic E-state index is 0.913. The van der Waals surface area contributed by atoms with Crippen LogP contribution in [0.4, 0.5) is 5.69 Å². The first kappa shape index (κ1) is 20.5. The average Bonchev–Trinajstić information content (AvgIpc) is 3.51. The number of aryl methyl sites for hydroxylation is 1. The smallest absolute Gasteiger partial charge is 0.265 e. The molecule has 0 spiro atoms. The van der Waals surface area contributed by atoms with E-state index in [1.165, 1.54) is 42.0 Å². The molecular weight excluding hydrogens is 424 g/mol. The Hall–Kier alpha value is -2.44. The Morgan fingerprint density at radius 3 is 2.52 bits per heavy atom. The van der Waals surface area contributed by atoms with Crippen LogP contribution in [0.15, 0.2) is 58.0 Å². The minimum Gasteiger partial charge on any atom is -0.497 e. The molecule has 0 radical (unpaired) electrons. The van der Waals surface area contributed by atoms with Crippen molar-refractivity contribution in [1.82, 2.24) is 0 Å². The number of methoxy groups -OCH3 is 2. The largest absolute Gasteiger partial charge is 0.497 e. The summed E-state index contributed by atoms with van der Waals surface area (Å²) in [4.78, 5) is 3.74. The van der Waals surface area contributed by atoms with Gasteiger partial charge in [0.15, 0.2) is 0 Å². The Morgan fingerprint density at radius 1 is 1.00 bits per heavy atom. The van der Waals surface area contributed by atoms with Gasteiger partial charge in [0.1, 0.15) is 22.7 Å². The maximum absolute atomic E-state index is 5.46. The highest BCUT2D eigenvalue weighted by atomic mass is 32.2. The van der Waals surface area contributed by atoms with Crippen molar-refractivity contribution in [3.8, 4) is 11.5 Å². The van der Waals surface area contributed by atoms with E-state index in [1.54, 1.807) is 14.2 Å². The van der Waals surface area contributed by atoms with Gasteiger partial charge in [-0.05, 0) is 62.6 Å². The summed E-state index contributed by atoms with van der Waals surface area (Å²) >= 11 is 3.78. The van der Waals surface area contributed by atoms with Gasteiger partial charge in [0.05, 0.1) is 31.0 Å². The Kier molecular flexibility index (Phi) is 5.44. The van der Waals surface area contributed by atoms with Gasteiger partial charge in [-0.3, -0.25) is 0 Å². The number of thiazole rings is 1. The third kappa shape index (κ3) is 3.42. The molecule has 1 aliphatic heterocycles. The quantitative estimate of drug-likeness (QED) is 0.428. The van der Waals surface area contributed by atoms with E-state index in [-0.39, 0.29) is 0 Å². The molecule has 160 valence electrons. The summed E-state index contributed by atoms with van der Waals surface area (Å²) in [5, 5.41) is 2.73. The number of hydrogen-bond donors (Lipinski definition) is 0. The van der Waals surface area contributed by atoms with Crippen molar-refractivity contribution in [3.05, 3.63) is 58.1 Å². The van der Waals surface area contributed by atoms with E-state index in [0.717, 1.165) is 37.4 Å². The maximum Gasteiger partial charge on any atom is 0.265 e. The van der Waals surface area contributed by atoms with Crippen LogP contribution in [-0.4, -0.2) is 20.8 Å². The van der Waals surface area contributed by atoms with Crippen LogP contribution < -0.4 is 18.9 Å². The summed E-state index contributed by atoms with van der Waals surface area (Å²) in [7, 11) is 3.46. The van der Waals surface area contributed by atoms with Crippen molar-refractivity contribution >= 4 is 44.6 Å². The molecule has 0 saturated heterocycles. The van der Waals surface area contributed by atoms with E-state index in [1.807, 2.05) is 23.1 Å². The van der Waals surface area contributed by atoms with Crippen LogP contribution in [0.5, 0.6) is 11.5 Å². The van der Waals surface area contributed by atoms with Gasteiger partial charge >= 0.3 is 0 Å². The molecule has 4 nitrogen and oxygen atoms in total. The van der Waals surface area contributed by atoms with Crippen LogP contribution in [-0.2, 0) is 6.54 Å². The number of allylic oxidation sites excluding steroid dienone is 3. The SMILES string of the molecule is CCN1/C(=C2/C=C(c3sc4ccc(OC)cc4[n+]3CC)CC2)Sc2ccc(OC)cc21. The molecule has 3 aromatic rings. The first-order valence-electron chi connectivity index (χ1n) is 10.7. The second kappa shape index (κ2) is 8.24. The number of fused-ring (bicyclic) bond motifs is 2. The van der Waals surface area contributed by atoms with Crippen molar-refractivity contribution in [3.63, 3.8) is 0 Å². The van der Waals surface area contributed by atoms with E-state index < -0.39 is 0 Å². The lowest BCUT2D eigenvalue weighted by atomic mass is 10.2. The summed E-state index contributed by atoms with van der Waals surface area (Å²) in [5.74, 6) is 1.83. The summed E-state index contributed by atoms with van der Waals surface area (Å²) in [5.41, 5.74) is 5.40. The molecule has 2 heterocycles. The lowest BCUT2D eigenvalue weighted by Gasteiger charge is -2.20. The van der Waals surface area contributed by atoms with Crippen LogP contribution in [0.2, 0.25) is 0 Å². The number of aromatic nitrogens is 1. The predicted octanol–water partition coefficient (Wildman–Crippen LogP) is 6.25. The van der Waals surface area contributed by atoms with Crippen LogP contribution in [0, 0.1) is 0 Å². The third-order valence-electron chi connectivity index (χ3n) is 6.01. The monoisotopic (exact) mass is 451 g/mol. The van der Waals surface area contributed by atoms with Gasteiger partial charge in [0.2, 0.25) is 5.52 Å². The molecule has 0 atom stereocenters. The van der Waals surface area contributed by atoms with E-state index in [0.29, 0.717) is 0 Å². The molecular formula is C25H27N2O2S2+. The highest BCUT2D eigenvalue weighted by Crippen LogP contribution is 2.50. The first-order chi connectivity index (χ1) is 15.2. The fraction of sp³-hybridized carbons (Fsp3) is 0.320. The summed E-state index contributed by atoms with van der Waals surface area (Å²) in [6.07, 6.45) is 4.60. The first-order valence-corrected chi connectivity index (χ1v) is 12.4. The van der Waals surface area contributed by atoms with Crippen molar-refractivity contribution in [2.24, 2.45) is 0 Å². The summed E-state index contributed by atoms with van der Waals surface area (Å²) < 4.78 is 14.7. The molecule has 0 amide bonds. The molecule has 0 bridgehead atoms. The molecule has 31 heavy (non-hydrogen) atoms. The Bertz CT molecular complexity index is 1230. The maximum atomic E-state index is 5.46. The Balaban J connectivity index is 1.56. The summed E-state index contributed by atoms with van der Waals surface area (Å²) in [6.45, 7) is 6.35. The minimum absolute atomic E-state index is 0.913. The number of thioether (sulfide) groups is 1. The van der Waals surface area contributed by atoms with Crippen LogP contribution >= 0.6 is 23.1 Å². The molecule has 0 saturated carbocycles. The van der Waals surface area contributed by atoms with Gasteiger partial charge in [0, 0.05) is 23.1 Å². The van der Waals surface area contributed by atoms with Crippen LogP contribution in [0.3, 0.4) is 0 Å². The third-order valence-corrected chi connectivity index (χ3v) is 8.49. The van der Waals surface area contributed by atoms with Gasteiger partial charge < -0.3 is 14.4 Å². The molecule has 2 aliphatic rings. The number of benzene rings is 2. The van der Waals surface area contributed by atoms with E-state index >= 15 is 0 Å². The van der Waals surface area contributed by atoms with Crippen molar-refractivity contribution in [2.75, 3.05) is 25.7 Å². The fourth-order valence-corrected chi connectivity index (χ4v) is 6.94. The topological polar surface area (TPSA) is 25.6 Å². The van der Waals surface area contributed by atoms with Gasteiger partial charge in [0.25, 0.3) is 5.01 Å². The predicted molar refractivity (Wildman–Crippen MR) is 130 cm³/mol. The molecule has 0 N–H and O–H groups in total. The second-order valence-corrected chi connectivity index (χ2v) is 9.73. The molecule has 5 rings (SSSR count). The van der Waals surface area contributed by atoms with Crippen molar-refractivity contribution in [2.45, 2.75) is 38.1 Å². The number of ether oxygens (including phenoxy) is 2. The zero-order chi connectivity index (χ0) is 21.5. The number of anilines is 1. The second-order valence-electron chi connectivity index (χ2n) is 7.67. The Morgan fingerprint density at radius 2 is 1.77 bits per heavy atom. The van der Waals surface area contributed by atoms with E-state index in [2.05, 4.69) is 65.8 Å². The lowest BCUT2D eigenvalue weighted by molar-refractivity contribution is -0.665. The van der Waals surface area contributed by atoms with Gasteiger partial charge in [-0.1, -0.05) is 23.1 Å². The van der Waals surface area contributed by atoms with Gasteiger partial charge in [-0.25, -0.2) is 0 Å². The summed E-state index contributed by atoms with van der Waals surface area (Å²) in [6, 6.07) is 12.8. The molecule has 6 heteroatoms. The normalized spacial score (nSPS) is 17.9. The number of rotatable bonds is 5. The fourth-order valence-electron chi connectivity index (χ4n) is 4.45. The van der Waals surface area contributed by atoms with Crippen LogP contribution in [0.25, 0.3) is 15.8 Å².